The molecule has 0 aliphatic carbocycles. The highest BCUT2D eigenvalue weighted by molar-refractivity contribution is 5.92. The van der Waals surface area contributed by atoms with Gasteiger partial charge in [0.25, 0.3) is 5.69 Å². The number of hydrogen-bond acceptors (Lipinski definition) is 4. The van der Waals surface area contributed by atoms with Gasteiger partial charge in [0.15, 0.2) is 0 Å². The van der Waals surface area contributed by atoms with E-state index in [9.17, 15) is 14.9 Å². The number of hydrogen-bond donors (Lipinski definition) is 1. The number of benzene rings is 1. The van der Waals surface area contributed by atoms with Gasteiger partial charge in [0.05, 0.1) is 17.1 Å². The molecule has 0 unspecified atom stereocenters. The highest BCUT2D eigenvalue weighted by atomic mass is 16.6. The molecule has 0 aromatic heterocycles. The maximum atomic E-state index is 11.7. The second-order valence-corrected chi connectivity index (χ2v) is 4.98. The van der Waals surface area contributed by atoms with Gasteiger partial charge in [-0.3, -0.25) is 14.9 Å². The Hall–Kier alpha value is -2.21. The lowest BCUT2D eigenvalue weighted by Gasteiger charge is -2.21. The van der Waals surface area contributed by atoms with Crippen LogP contribution in [0.4, 0.5) is 5.69 Å². The fourth-order valence-electron chi connectivity index (χ4n) is 2.23. The van der Waals surface area contributed by atoms with Crippen LogP contribution in [0.2, 0.25) is 0 Å². The summed E-state index contributed by atoms with van der Waals surface area (Å²) >= 11 is 0. The maximum absolute atomic E-state index is 11.7. The topological polar surface area (TPSA) is 81.5 Å². The summed E-state index contributed by atoms with van der Waals surface area (Å²) in [6.45, 7) is 2.04. The summed E-state index contributed by atoms with van der Waals surface area (Å²) in [5, 5.41) is 13.7. The second-order valence-electron chi connectivity index (χ2n) is 4.98. The minimum absolute atomic E-state index is 0.0118. The smallest absolute Gasteiger partial charge is 0.276 e. The molecule has 1 atom stereocenters. The van der Waals surface area contributed by atoms with Gasteiger partial charge in [0, 0.05) is 25.3 Å². The first-order valence-electron chi connectivity index (χ1n) is 6.94. The summed E-state index contributed by atoms with van der Waals surface area (Å²) in [5.41, 5.74) is 0.404. The van der Waals surface area contributed by atoms with Crippen molar-refractivity contribution in [3.05, 3.63) is 46.0 Å². The van der Waals surface area contributed by atoms with Crippen molar-refractivity contribution >= 4 is 17.7 Å². The molecule has 6 heteroatoms. The molecular weight excluding hydrogens is 272 g/mol. The first kappa shape index (κ1) is 15.2. The molecule has 1 heterocycles. The molecule has 0 saturated carbocycles. The molecule has 2 rings (SSSR count). The second kappa shape index (κ2) is 7.54. The molecule has 1 aromatic carbocycles. The predicted octanol–water partition coefficient (Wildman–Crippen LogP) is 2.15. The molecule has 1 saturated heterocycles. The van der Waals surface area contributed by atoms with Gasteiger partial charge in [-0.2, -0.15) is 0 Å². The van der Waals surface area contributed by atoms with E-state index >= 15 is 0 Å². The fourth-order valence-corrected chi connectivity index (χ4v) is 2.23. The number of carbonyl (C=O) groups excluding carboxylic acids is 1. The molecular formula is C15H18N2O4. The number of nitrogens with one attached hydrogen (secondary N) is 1. The van der Waals surface area contributed by atoms with E-state index in [1.807, 2.05) is 0 Å². The molecule has 1 fully saturated rings. The molecule has 0 spiro atoms. The number of para-hydroxylation sites is 1. The summed E-state index contributed by atoms with van der Waals surface area (Å²) in [7, 11) is 0. The average Bonchev–Trinajstić information content (AvgIpc) is 2.52. The van der Waals surface area contributed by atoms with Gasteiger partial charge in [-0.25, -0.2) is 0 Å². The highest BCUT2D eigenvalue weighted by Gasteiger charge is 2.14. The number of carbonyl (C=O) groups is 1. The number of nitrogens with zero attached hydrogens (tertiary/aromatic N) is 1. The van der Waals surface area contributed by atoms with Gasteiger partial charge in [-0.1, -0.05) is 12.1 Å². The van der Waals surface area contributed by atoms with Gasteiger partial charge in [-0.15, -0.1) is 0 Å². The SMILES string of the molecule is O=C(/C=C\c1ccccc1[N+](=O)[O-])NC[C@@H]1CCCOC1. The number of nitro benzene ring substituents is 1. The van der Waals surface area contributed by atoms with Gasteiger partial charge >= 0.3 is 0 Å². The maximum Gasteiger partial charge on any atom is 0.276 e. The summed E-state index contributed by atoms with van der Waals surface area (Å²) in [5.74, 6) is 0.0980. The van der Waals surface area contributed by atoms with E-state index in [-0.39, 0.29) is 11.6 Å². The van der Waals surface area contributed by atoms with Crippen molar-refractivity contribution in [1.82, 2.24) is 5.32 Å². The summed E-state index contributed by atoms with van der Waals surface area (Å²) in [4.78, 5) is 22.1. The molecule has 1 amide bonds. The molecule has 1 aromatic rings. The number of rotatable bonds is 5. The first-order chi connectivity index (χ1) is 10.2. The Kier molecular flexibility index (Phi) is 5.45. The Morgan fingerprint density at radius 2 is 2.29 bits per heavy atom. The van der Waals surface area contributed by atoms with E-state index in [4.69, 9.17) is 4.74 Å². The third-order valence-electron chi connectivity index (χ3n) is 3.37. The number of ether oxygens (including phenoxy) is 1. The van der Waals surface area contributed by atoms with Crippen molar-refractivity contribution < 1.29 is 14.5 Å². The zero-order valence-corrected chi connectivity index (χ0v) is 11.7. The van der Waals surface area contributed by atoms with Crippen LogP contribution in [-0.4, -0.2) is 30.6 Å². The van der Waals surface area contributed by atoms with Crippen LogP contribution in [-0.2, 0) is 9.53 Å². The van der Waals surface area contributed by atoms with Crippen molar-refractivity contribution in [3.63, 3.8) is 0 Å². The lowest BCUT2D eigenvalue weighted by molar-refractivity contribution is -0.385. The summed E-state index contributed by atoms with van der Waals surface area (Å²) in [6, 6.07) is 6.32. The lowest BCUT2D eigenvalue weighted by atomic mass is 10.0. The minimum atomic E-state index is -0.461. The third-order valence-corrected chi connectivity index (χ3v) is 3.37. The third kappa shape index (κ3) is 4.68. The van der Waals surface area contributed by atoms with Crippen molar-refractivity contribution in [1.29, 1.82) is 0 Å². The van der Waals surface area contributed by atoms with Gasteiger partial charge in [0.1, 0.15) is 0 Å². The molecule has 6 nitrogen and oxygen atoms in total. The highest BCUT2D eigenvalue weighted by Crippen LogP contribution is 2.18. The van der Waals surface area contributed by atoms with Crippen LogP contribution in [0.15, 0.2) is 30.3 Å². The lowest BCUT2D eigenvalue weighted by Crippen LogP contribution is -2.32. The molecule has 0 radical (unpaired) electrons. The normalized spacial score (nSPS) is 18.6. The number of amides is 1. The van der Waals surface area contributed by atoms with E-state index in [1.165, 1.54) is 18.2 Å². The van der Waals surface area contributed by atoms with Crippen LogP contribution in [0.1, 0.15) is 18.4 Å². The standard InChI is InChI=1S/C15H18N2O4/c18-15(16-10-12-4-3-9-21-11-12)8-7-13-5-1-2-6-14(13)17(19)20/h1-2,5-8,12H,3-4,9-11H2,(H,16,18)/b8-7-/t12-/m0/s1. The van der Waals surface area contributed by atoms with E-state index in [1.54, 1.807) is 18.2 Å². The average molecular weight is 290 g/mol. The van der Waals surface area contributed by atoms with Crippen LogP contribution >= 0.6 is 0 Å². The predicted molar refractivity (Wildman–Crippen MR) is 78.7 cm³/mol. The largest absolute Gasteiger partial charge is 0.381 e. The quantitative estimate of drug-likeness (QED) is 0.512. The zero-order chi connectivity index (χ0) is 15.1. The Balaban J connectivity index is 1.88. The van der Waals surface area contributed by atoms with Crippen LogP contribution in [0.3, 0.4) is 0 Å². The van der Waals surface area contributed by atoms with Gasteiger partial charge in [-0.05, 0) is 30.9 Å². The summed E-state index contributed by atoms with van der Waals surface area (Å²) in [6.07, 6.45) is 4.86. The van der Waals surface area contributed by atoms with Crippen molar-refractivity contribution in [3.8, 4) is 0 Å². The van der Waals surface area contributed by atoms with Crippen LogP contribution in [0.5, 0.6) is 0 Å². The summed E-state index contributed by atoms with van der Waals surface area (Å²) < 4.78 is 5.34. The number of nitro groups is 1. The molecule has 21 heavy (non-hydrogen) atoms. The molecule has 1 aliphatic rings. The minimum Gasteiger partial charge on any atom is -0.381 e. The van der Waals surface area contributed by atoms with E-state index in [2.05, 4.69) is 5.32 Å². The van der Waals surface area contributed by atoms with Crippen molar-refractivity contribution in [2.75, 3.05) is 19.8 Å². The van der Waals surface area contributed by atoms with Gasteiger partial charge < -0.3 is 10.1 Å². The monoisotopic (exact) mass is 290 g/mol. The molecule has 0 bridgehead atoms. The van der Waals surface area contributed by atoms with Crippen LogP contribution in [0.25, 0.3) is 6.08 Å². The Bertz CT molecular complexity index is 536. The first-order valence-corrected chi connectivity index (χ1v) is 6.94. The van der Waals surface area contributed by atoms with Gasteiger partial charge in [0.2, 0.25) is 5.91 Å². The Morgan fingerprint density at radius 3 is 3.00 bits per heavy atom. The van der Waals surface area contributed by atoms with Crippen LogP contribution < -0.4 is 5.32 Å². The Labute approximate surface area is 122 Å². The van der Waals surface area contributed by atoms with E-state index in [0.717, 1.165) is 19.4 Å². The van der Waals surface area contributed by atoms with E-state index in [0.29, 0.717) is 24.6 Å². The van der Waals surface area contributed by atoms with Crippen molar-refractivity contribution in [2.24, 2.45) is 5.92 Å². The molecule has 112 valence electrons. The fraction of sp³-hybridized carbons (Fsp3) is 0.400. The Morgan fingerprint density at radius 1 is 1.48 bits per heavy atom. The zero-order valence-electron chi connectivity index (χ0n) is 11.7. The van der Waals surface area contributed by atoms with Crippen molar-refractivity contribution in [2.45, 2.75) is 12.8 Å². The van der Waals surface area contributed by atoms with Crippen LogP contribution in [0, 0.1) is 16.0 Å². The van der Waals surface area contributed by atoms with E-state index < -0.39 is 4.92 Å². The molecule has 1 aliphatic heterocycles. The molecule has 1 N–H and O–H groups in total.